The molecule has 0 amide bonds. The van der Waals surface area contributed by atoms with Gasteiger partial charge >= 0.3 is 0 Å². The lowest BCUT2D eigenvalue weighted by Gasteiger charge is -1.94. The van der Waals surface area contributed by atoms with Gasteiger partial charge < -0.3 is 5.73 Å². The summed E-state index contributed by atoms with van der Waals surface area (Å²) < 4.78 is 0. The maximum Gasteiger partial charge on any atom is 0.00489 e. The van der Waals surface area contributed by atoms with Crippen molar-refractivity contribution >= 4 is 0 Å². The van der Waals surface area contributed by atoms with Gasteiger partial charge in [0.05, 0.1) is 0 Å². The first-order valence-electron chi connectivity index (χ1n) is 3.30. The Labute approximate surface area is 62.9 Å². The molecule has 56 valence electrons. The minimum atomic E-state index is 0.820. The van der Waals surface area contributed by atoms with Gasteiger partial charge in [0.1, 0.15) is 0 Å². The van der Waals surface area contributed by atoms with Crippen molar-refractivity contribution in [2.24, 2.45) is 5.73 Å². The van der Waals surface area contributed by atoms with Gasteiger partial charge in [0.15, 0.2) is 0 Å². The molecule has 0 saturated carbocycles. The Morgan fingerprint density at radius 3 is 2.00 bits per heavy atom. The van der Waals surface area contributed by atoms with Crippen molar-refractivity contribution < 1.29 is 0 Å². The van der Waals surface area contributed by atoms with Crippen LogP contribution < -0.4 is 5.73 Å². The molecule has 0 atom stereocenters. The summed E-state index contributed by atoms with van der Waals surface area (Å²) in [6.45, 7) is 9.65. The van der Waals surface area contributed by atoms with Crippen LogP contribution in [0.4, 0.5) is 0 Å². The van der Waals surface area contributed by atoms with Gasteiger partial charge in [0.25, 0.3) is 0 Å². The van der Waals surface area contributed by atoms with Gasteiger partial charge in [-0.05, 0) is 32.4 Å². The minimum Gasteiger partial charge on any atom is -0.402 e. The van der Waals surface area contributed by atoms with Crippen molar-refractivity contribution in [3.63, 3.8) is 0 Å². The lowest BCUT2D eigenvalue weighted by atomic mass is 10.1. The highest BCUT2D eigenvalue weighted by Gasteiger charge is 1.84. The monoisotopic (exact) mass is 137 g/mol. The molecule has 1 heteroatoms. The largest absolute Gasteiger partial charge is 0.402 e. The number of hydrogen-bond acceptors (Lipinski definition) is 1. The fourth-order valence-electron chi connectivity index (χ4n) is 0.399. The first kappa shape index (κ1) is 9.02. The Bertz CT molecular complexity index is 181. The second-order valence-corrected chi connectivity index (χ2v) is 2.54. The Kier molecular flexibility index (Phi) is 3.55. The SMILES string of the molecule is C=C(C)/C(C)=C\C=C(\C)N. The number of rotatable bonds is 2. The second-order valence-electron chi connectivity index (χ2n) is 2.54. The predicted octanol–water partition coefficient (Wildman–Crippen LogP) is 2.37. The topological polar surface area (TPSA) is 26.0 Å². The van der Waals surface area contributed by atoms with Gasteiger partial charge in [0, 0.05) is 5.70 Å². The maximum atomic E-state index is 5.43. The van der Waals surface area contributed by atoms with E-state index < -0.39 is 0 Å². The number of nitrogens with two attached hydrogens (primary N) is 1. The zero-order valence-corrected chi connectivity index (χ0v) is 6.94. The summed E-state index contributed by atoms with van der Waals surface area (Å²) in [5.41, 5.74) is 8.50. The van der Waals surface area contributed by atoms with Crippen LogP contribution in [0.3, 0.4) is 0 Å². The van der Waals surface area contributed by atoms with Gasteiger partial charge in [-0.15, -0.1) is 0 Å². The molecule has 0 unspecified atom stereocenters. The lowest BCUT2D eigenvalue weighted by Crippen LogP contribution is -1.88. The van der Waals surface area contributed by atoms with E-state index in [0.717, 1.165) is 11.3 Å². The van der Waals surface area contributed by atoms with E-state index in [9.17, 15) is 0 Å². The number of allylic oxidation sites excluding steroid dienone is 5. The fourth-order valence-corrected chi connectivity index (χ4v) is 0.399. The highest BCUT2D eigenvalue weighted by atomic mass is 14.5. The molecular formula is C9H15N. The van der Waals surface area contributed by atoms with E-state index in [2.05, 4.69) is 6.58 Å². The van der Waals surface area contributed by atoms with Crippen molar-refractivity contribution in [3.05, 3.63) is 35.6 Å². The molecule has 0 aliphatic heterocycles. The van der Waals surface area contributed by atoms with E-state index in [1.54, 1.807) is 0 Å². The molecule has 0 aromatic carbocycles. The molecule has 0 aliphatic rings. The molecule has 2 N–H and O–H groups in total. The van der Waals surface area contributed by atoms with E-state index in [1.807, 2.05) is 32.9 Å². The second kappa shape index (κ2) is 3.94. The highest BCUT2D eigenvalue weighted by Crippen LogP contribution is 2.04. The summed E-state index contributed by atoms with van der Waals surface area (Å²) >= 11 is 0. The van der Waals surface area contributed by atoms with E-state index in [0.29, 0.717) is 0 Å². The fraction of sp³-hybridized carbons (Fsp3) is 0.333. The molecule has 0 spiro atoms. The first-order chi connectivity index (χ1) is 4.54. The molecule has 0 aromatic heterocycles. The van der Waals surface area contributed by atoms with E-state index in [4.69, 9.17) is 5.73 Å². The molecule has 0 aromatic rings. The molecule has 0 heterocycles. The van der Waals surface area contributed by atoms with Crippen molar-refractivity contribution in [2.45, 2.75) is 20.8 Å². The summed E-state index contributed by atoms with van der Waals surface area (Å²) in [7, 11) is 0. The quantitative estimate of drug-likeness (QED) is 0.581. The molecule has 1 nitrogen and oxygen atoms in total. The molecule has 0 saturated heterocycles. The Morgan fingerprint density at radius 1 is 1.20 bits per heavy atom. The molecule has 0 radical (unpaired) electrons. The zero-order valence-electron chi connectivity index (χ0n) is 6.94. The third-order valence-corrected chi connectivity index (χ3v) is 1.27. The van der Waals surface area contributed by atoms with Crippen LogP contribution in [0.15, 0.2) is 35.6 Å². The molecule has 0 fully saturated rings. The van der Waals surface area contributed by atoms with Gasteiger partial charge in [-0.25, -0.2) is 0 Å². The van der Waals surface area contributed by atoms with E-state index in [1.165, 1.54) is 5.57 Å². The molecule has 0 bridgehead atoms. The van der Waals surface area contributed by atoms with Crippen LogP contribution in [0.25, 0.3) is 0 Å². The maximum absolute atomic E-state index is 5.43. The summed E-state index contributed by atoms with van der Waals surface area (Å²) in [6.07, 6.45) is 3.85. The normalized spacial score (nSPS) is 13.5. The smallest absolute Gasteiger partial charge is 0.00489 e. The van der Waals surface area contributed by atoms with Crippen LogP contribution in [-0.4, -0.2) is 0 Å². The average molecular weight is 137 g/mol. The van der Waals surface area contributed by atoms with Crippen molar-refractivity contribution in [1.29, 1.82) is 0 Å². The highest BCUT2D eigenvalue weighted by molar-refractivity contribution is 5.28. The van der Waals surface area contributed by atoms with E-state index >= 15 is 0 Å². The zero-order chi connectivity index (χ0) is 8.15. The summed E-state index contributed by atoms with van der Waals surface area (Å²) in [6, 6.07) is 0. The summed E-state index contributed by atoms with van der Waals surface area (Å²) in [5.74, 6) is 0. The average Bonchev–Trinajstić information content (AvgIpc) is 1.82. The van der Waals surface area contributed by atoms with Crippen LogP contribution in [0.5, 0.6) is 0 Å². The predicted molar refractivity (Wildman–Crippen MR) is 46.5 cm³/mol. The Balaban J connectivity index is 4.19. The Morgan fingerprint density at radius 2 is 1.70 bits per heavy atom. The summed E-state index contributed by atoms with van der Waals surface area (Å²) in [5, 5.41) is 0. The standard InChI is InChI=1S/C9H15N/c1-7(2)8(3)5-6-9(4)10/h5-6H,1,10H2,2-4H3/b8-5-,9-6-. The van der Waals surface area contributed by atoms with Gasteiger partial charge in [-0.3, -0.25) is 0 Å². The molecule has 0 rings (SSSR count). The number of hydrogen-bond donors (Lipinski definition) is 1. The van der Waals surface area contributed by atoms with Crippen molar-refractivity contribution in [2.75, 3.05) is 0 Å². The van der Waals surface area contributed by atoms with Crippen molar-refractivity contribution in [3.8, 4) is 0 Å². The van der Waals surface area contributed by atoms with Gasteiger partial charge in [-0.2, -0.15) is 0 Å². The first-order valence-corrected chi connectivity index (χ1v) is 3.30. The van der Waals surface area contributed by atoms with Crippen LogP contribution >= 0.6 is 0 Å². The third-order valence-electron chi connectivity index (χ3n) is 1.27. The summed E-state index contributed by atoms with van der Waals surface area (Å²) in [4.78, 5) is 0. The van der Waals surface area contributed by atoms with Crippen LogP contribution in [0.2, 0.25) is 0 Å². The third kappa shape index (κ3) is 3.96. The van der Waals surface area contributed by atoms with Crippen molar-refractivity contribution in [1.82, 2.24) is 0 Å². The van der Waals surface area contributed by atoms with Crippen LogP contribution in [0.1, 0.15) is 20.8 Å². The molecular weight excluding hydrogens is 122 g/mol. The van der Waals surface area contributed by atoms with E-state index in [-0.39, 0.29) is 0 Å². The minimum absolute atomic E-state index is 0.820. The van der Waals surface area contributed by atoms with Crippen LogP contribution in [0, 0.1) is 0 Å². The lowest BCUT2D eigenvalue weighted by molar-refractivity contribution is 1.30. The molecule has 10 heavy (non-hydrogen) atoms. The Hall–Kier alpha value is -0.980. The van der Waals surface area contributed by atoms with Gasteiger partial charge in [0.2, 0.25) is 0 Å². The molecule has 0 aliphatic carbocycles. The van der Waals surface area contributed by atoms with Crippen LogP contribution in [-0.2, 0) is 0 Å². The van der Waals surface area contributed by atoms with Gasteiger partial charge in [-0.1, -0.05) is 18.2 Å².